The predicted octanol–water partition coefficient (Wildman–Crippen LogP) is 3.19. The number of carbonyl (C=O) groups excluding carboxylic acids is 1. The van der Waals surface area contributed by atoms with Crippen molar-refractivity contribution in [1.82, 2.24) is 5.32 Å². The Morgan fingerprint density at radius 2 is 2.11 bits per heavy atom. The summed E-state index contributed by atoms with van der Waals surface area (Å²) >= 11 is 0. The van der Waals surface area contributed by atoms with Gasteiger partial charge in [0.05, 0.1) is 6.10 Å². The number of ketones is 1. The van der Waals surface area contributed by atoms with E-state index in [4.69, 9.17) is 4.74 Å². The van der Waals surface area contributed by atoms with Gasteiger partial charge in [0.2, 0.25) is 0 Å². The van der Waals surface area contributed by atoms with Crippen LogP contribution in [-0.2, 0) is 0 Å². The van der Waals surface area contributed by atoms with Gasteiger partial charge in [-0.05, 0) is 45.7 Å². The minimum atomic E-state index is 0.0528. The van der Waals surface area contributed by atoms with E-state index in [2.05, 4.69) is 26.1 Å². The summed E-state index contributed by atoms with van der Waals surface area (Å²) in [5.74, 6) is 0.982. The molecule has 1 aromatic rings. The van der Waals surface area contributed by atoms with Gasteiger partial charge in [-0.2, -0.15) is 0 Å². The highest BCUT2D eigenvalue weighted by molar-refractivity contribution is 5.96. The topological polar surface area (TPSA) is 38.3 Å². The van der Waals surface area contributed by atoms with Crippen molar-refractivity contribution in [2.45, 2.75) is 51.7 Å². The van der Waals surface area contributed by atoms with Gasteiger partial charge in [-0.1, -0.05) is 12.1 Å². The van der Waals surface area contributed by atoms with Crippen LogP contribution in [0.3, 0.4) is 0 Å². The van der Waals surface area contributed by atoms with Crippen molar-refractivity contribution >= 4 is 5.78 Å². The average molecular weight is 261 g/mol. The first kappa shape index (κ1) is 14.1. The summed E-state index contributed by atoms with van der Waals surface area (Å²) < 4.78 is 5.71. The van der Waals surface area contributed by atoms with E-state index < -0.39 is 0 Å². The minimum absolute atomic E-state index is 0.0528. The van der Waals surface area contributed by atoms with Crippen molar-refractivity contribution in [3.63, 3.8) is 0 Å². The molecular formula is C16H23NO2. The molecule has 0 unspecified atom stereocenters. The number of Topliss-reactive ketones (excluding diaryl/α,β-unsaturated/α-hetero) is 1. The first-order chi connectivity index (χ1) is 8.94. The first-order valence-corrected chi connectivity index (χ1v) is 6.99. The van der Waals surface area contributed by atoms with Gasteiger partial charge < -0.3 is 10.1 Å². The van der Waals surface area contributed by atoms with Crippen LogP contribution in [0.15, 0.2) is 24.3 Å². The zero-order valence-electron chi connectivity index (χ0n) is 12.0. The first-order valence-electron chi connectivity index (χ1n) is 6.99. The predicted molar refractivity (Wildman–Crippen MR) is 76.8 cm³/mol. The van der Waals surface area contributed by atoms with Crippen molar-refractivity contribution in [3.8, 4) is 5.75 Å². The Balaban J connectivity index is 1.87. The van der Waals surface area contributed by atoms with Gasteiger partial charge in [-0.25, -0.2) is 0 Å². The molecule has 0 aromatic heterocycles. The molecule has 3 nitrogen and oxygen atoms in total. The van der Waals surface area contributed by atoms with Crippen molar-refractivity contribution in [1.29, 1.82) is 0 Å². The molecule has 104 valence electrons. The van der Waals surface area contributed by atoms with Crippen LogP contribution in [0, 0.1) is 0 Å². The number of carbonyl (C=O) groups is 1. The van der Waals surface area contributed by atoms with Gasteiger partial charge >= 0.3 is 0 Å². The van der Waals surface area contributed by atoms with Gasteiger partial charge in [0.1, 0.15) is 5.75 Å². The fourth-order valence-electron chi connectivity index (χ4n) is 1.82. The van der Waals surface area contributed by atoms with E-state index >= 15 is 0 Å². The van der Waals surface area contributed by atoms with Gasteiger partial charge in [-0.3, -0.25) is 4.79 Å². The molecule has 0 amide bonds. The largest absolute Gasteiger partial charge is 0.490 e. The molecule has 0 bridgehead atoms. The smallest absolute Gasteiger partial charge is 0.164 e. The van der Waals surface area contributed by atoms with Crippen LogP contribution in [0.1, 0.15) is 50.4 Å². The highest BCUT2D eigenvalue weighted by Gasteiger charge is 2.23. The van der Waals surface area contributed by atoms with E-state index in [1.54, 1.807) is 0 Å². The lowest BCUT2D eigenvalue weighted by Gasteiger charge is -2.20. The van der Waals surface area contributed by atoms with Crippen molar-refractivity contribution in [3.05, 3.63) is 29.8 Å². The van der Waals surface area contributed by atoms with Crippen molar-refractivity contribution in [2.75, 3.05) is 6.54 Å². The summed E-state index contributed by atoms with van der Waals surface area (Å²) in [7, 11) is 0. The molecule has 1 fully saturated rings. The highest BCUT2D eigenvalue weighted by atomic mass is 16.5. The van der Waals surface area contributed by atoms with E-state index in [9.17, 15) is 4.79 Å². The van der Waals surface area contributed by atoms with Gasteiger partial charge in [0, 0.05) is 24.1 Å². The molecule has 0 heterocycles. The third-order valence-corrected chi connectivity index (χ3v) is 2.99. The Hall–Kier alpha value is -1.35. The van der Waals surface area contributed by atoms with Crippen LogP contribution < -0.4 is 10.1 Å². The Kier molecular flexibility index (Phi) is 4.25. The normalized spacial score (nSPS) is 15.3. The van der Waals surface area contributed by atoms with Crippen LogP contribution >= 0.6 is 0 Å². The molecule has 0 spiro atoms. The Morgan fingerprint density at radius 1 is 1.37 bits per heavy atom. The molecule has 3 heteroatoms. The van der Waals surface area contributed by atoms with E-state index in [1.807, 2.05) is 24.3 Å². The van der Waals surface area contributed by atoms with Crippen LogP contribution in [0.2, 0.25) is 0 Å². The summed E-state index contributed by atoms with van der Waals surface area (Å²) in [6, 6.07) is 7.53. The lowest BCUT2D eigenvalue weighted by molar-refractivity contribution is 0.0980. The van der Waals surface area contributed by atoms with Crippen LogP contribution in [0.25, 0.3) is 0 Å². The second-order valence-corrected chi connectivity index (χ2v) is 6.19. The van der Waals surface area contributed by atoms with Crippen LogP contribution in [0.4, 0.5) is 0 Å². The molecule has 0 saturated heterocycles. The third kappa shape index (κ3) is 5.03. The number of ether oxygens (including phenoxy) is 1. The summed E-state index contributed by atoms with van der Waals surface area (Å²) in [4.78, 5) is 12.1. The second-order valence-electron chi connectivity index (χ2n) is 6.19. The summed E-state index contributed by atoms with van der Waals surface area (Å²) in [5, 5.41) is 3.33. The lowest BCUT2D eigenvalue weighted by Crippen LogP contribution is -2.37. The fraction of sp³-hybridized carbons (Fsp3) is 0.562. The highest BCUT2D eigenvalue weighted by Crippen LogP contribution is 2.27. The Morgan fingerprint density at radius 3 is 2.74 bits per heavy atom. The SMILES string of the molecule is CC(C)(C)NCCC(=O)c1cccc(OC2CC2)c1. The maximum absolute atomic E-state index is 12.1. The molecule has 1 aliphatic carbocycles. The van der Waals surface area contributed by atoms with Crippen molar-refractivity contribution in [2.24, 2.45) is 0 Å². The van der Waals surface area contributed by atoms with Gasteiger partial charge in [0.15, 0.2) is 5.78 Å². The maximum Gasteiger partial charge on any atom is 0.164 e. The summed E-state index contributed by atoms with van der Waals surface area (Å²) in [6.07, 6.45) is 3.15. The van der Waals surface area contributed by atoms with Crippen LogP contribution in [0.5, 0.6) is 5.75 Å². The molecule has 1 N–H and O–H groups in total. The minimum Gasteiger partial charge on any atom is -0.490 e. The van der Waals surface area contributed by atoms with Gasteiger partial charge in [0.25, 0.3) is 0 Å². The molecule has 1 saturated carbocycles. The molecule has 0 atom stereocenters. The molecule has 1 aromatic carbocycles. The molecule has 19 heavy (non-hydrogen) atoms. The standard InChI is InChI=1S/C16H23NO2/c1-16(2,3)17-10-9-15(18)12-5-4-6-14(11-12)19-13-7-8-13/h4-6,11,13,17H,7-10H2,1-3H3. The van der Waals surface area contributed by atoms with E-state index in [0.717, 1.165) is 24.2 Å². The van der Waals surface area contributed by atoms with E-state index in [1.165, 1.54) is 0 Å². The molecule has 1 aliphatic rings. The third-order valence-electron chi connectivity index (χ3n) is 2.99. The maximum atomic E-state index is 12.1. The summed E-state index contributed by atoms with van der Waals surface area (Å²) in [5.41, 5.74) is 0.797. The quantitative estimate of drug-likeness (QED) is 0.799. The second kappa shape index (κ2) is 5.74. The Labute approximate surface area is 115 Å². The average Bonchev–Trinajstić information content (AvgIpc) is 3.11. The summed E-state index contributed by atoms with van der Waals surface area (Å²) in [6.45, 7) is 7.00. The van der Waals surface area contributed by atoms with Gasteiger partial charge in [-0.15, -0.1) is 0 Å². The number of hydrogen-bond acceptors (Lipinski definition) is 3. The Bertz CT molecular complexity index is 444. The number of nitrogens with one attached hydrogen (secondary N) is 1. The lowest BCUT2D eigenvalue weighted by atomic mass is 10.1. The fourth-order valence-corrected chi connectivity index (χ4v) is 1.82. The molecule has 2 rings (SSSR count). The molecular weight excluding hydrogens is 238 g/mol. The monoisotopic (exact) mass is 261 g/mol. The number of benzene rings is 1. The molecule has 0 radical (unpaired) electrons. The van der Waals surface area contributed by atoms with E-state index in [0.29, 0.717) is 19.1 Å². The van der Waals surface area contributed by atoms with E-state index in [-0.39, 0.29) is 11.3 Å². The zero-order valence-corrected chi connectivity index (χ0v) is 12.0. The van der Waals surface area contributed by atoms with Crippen LogP contribution in [-0.4, -0.2) is 24.0 Å². The van der Waals surface area contributed by atoms with Crippen molar-refractivity contribution < 1.29 is 9.53 Å². The number of rotatable bonds is 6. The zero-order chi connectivity index (χ0) is 13.9. The molecule has 0 aliphatic heterocycles. The number of hydrogen-bond donors (Lipinski definition) is 1.